The molecule has 0 saturated heterocycles. The van der Waals surface area contributed by atoms with Gasteiger partial charge in [0.15, 0.2) is 0 Å². The van der Waals surface area contributed by atoms with Crippen molar-refractivity contribution in [2.75, 3.05) is 0 Å². The quantitative estimate of drug-likeness (QED) is 0.264. The molecule has 0 bridgehead atoms. The minimum absolute atomic E-state index is 0.334. The molecule has 0 unspecified atom stereocenters. The van der Waals surface area contributed by atoms with Crippen molar-refractivity contribution in [1.82, 2.24) is 0 Å². The average molecular weight is 483 g/mol. The summed E-state index contributed by atoms with van der Waals surface area (Å²) in [6.07, 6.45) is 0. The van der Waals surface area contributed by atoms with Crippen LogP contribution in [-0.4, -0.2) is 5.97 Å². The van der Waals surface area contributed by atoms with Gasteiger partial charge in [0.1, 0.15) is 17.2 Å². The second-order valence-corrected chi connectivity index (χ2v) is 7.04. The van der Waals surface area contributed by atoms with Crippen LogP contribution in [0.25, 0.3) is 10.8 Å². The number of hydrogen-bond acceptors (Lipinski definition) is 3. The fourth-order valence-electron chi connectivity index (χ4n) is 2.18. The molecular weight excluding hydrogens is 471 g/mol. The van der Waals surface area contributed by atoms with Crippen LogP contribution in [0.2, 0.25) is 0 Å². The van der Waals surface area contributed by atoms with E-state index in [-0.39, 0.29) is 5.97 Å². The number of fused-ring (bicyclic) bond motifs is 1. The zero-order chi connectivity index (χ0) is 16.4. The predicted molar refractivity (Wildman–Crippen MR) is 102 cm³/mol. The summed E-state index contributed by atoms with van der Waals surface area (Å²) in [6.45, 7) is 1.39. The molecule has 0 atom stereocenters. The molecule has 3 nitrogen and oxygen atoms in total. The lowest BCUT2D eigenvalue weighted by Gasteiger charge is -2.10. The summed E-state index contributed by atoms with van der Waals surface area (Å²) >= 11 is 5.76. The molecule has 0 aliphatic carbocycles. The molecule has 3 aromatic carbocycles. The molecule has 0 heterocycles. The van der Waals surface area contributed by atoms with E-state index in [2.05, 4.69) is 38.5 Å². The largest absolute Gasteiger partial charge is 0.456 e. The second-order valence-electron chi connectivity index (χ2n) is 4.94. The van der Waals surface area contributed by atoms with Gasteiger partial charge in [-0.2, -0.15) is 0 Å². The lowest BCUT2D eigenvalue weighted by molar-refractivity contribution is -0.131. The highest BCUT2D eigenvalue weighted by Gasteiger charge is 2.06. The first kappa shape index (κ1) is 16.3. The highest BCUT2D eigenvalue weighted by Crippen LogP contribution is 2.33. The summed E-state index contributed by atoms with van der Waals surface area (Å²) in [5.41, 5.74) is 0. The number of rotatable bonds is 3. The SMILES string of the molecule is CC(=O)Oc1ccc2ccc(Oc3ccc(I)cc3Br)cc2c1. The minimum Gasteiger partial charge on any atom is -0.456 e. The molecule has 3 rings (SSSR count). The molecule has 0 aliphatic heterocycles. The highest BCUT2D eigenvalue weighted by atomic mass is 127. The Morgan fingerprint density at radius 2 is 1.65 bits per heavy atom. The van der Waals surface area contributed by atoms with E-state index in [9.17, 15) is 4.79 Å². The molecule has 0 amide bonds. The zero-order valence-corrected chi connectivity index (χ0v) is 15.9. The maximum Gasteiger partial charge on any atom is 0.308 e. The minimum atomic E-state index is -0.334. The number of carbonyl (C=O) groups is 1. The summed E-state index contributed by atoms with van der Waals surface area (Å²) in [4.78, 5) is 11.1. The third kappa shape index (κ3) is 4.03. The van der Waals surface area contributed by atoms with Gasteiger partial charge < -0.3 is 9.47 Å². The van der Waals surface area contributed by atoms with E-state index >= 15 is 0 Å². The van der Waals surface area contributed by atoms with Crippen LogP contribution in [0.15, 0.2) is 59.1 Å². The molecule has 0 fully saturated rings. The first-order valence-electron chi connectivity index (χ1n) is 6.86. The molecule has 23 heavy (non-hydrogen) atoms. The predicted octanol–water partition coefficient (Wildman–Crippen LogP) is 5.92. The Bertz CT molecular complexity index is 893. The van der Waals surface area contributed by atoms with Gasteiger partial charge in [-0.15, -0.1) is 0 Å². The fraction of sp³-hybridized carbons (Fsp3) is 0.0556. The fourth-order valence-corrected chi connectivity index (χ4v) is 3.56. The van der Waals surface area contributed by atoms with Gasteiger partial charge in [0, 0.05) is 10.5 Å². The summed E-state index contributed by atoms with van der Waals surface area (Å²) in [6, 6.07) is 17.2. The van der Waals surface area contributed by atoms with Crippen molar-refractivity contribution >= 4 is 55.3 Å². The van der Waals surface area contributed by atoms with Gasteiger partial charge >= 0.3 is 5.97 Å². The van der Waals surface area contributed by atoms with E-state index in [1.807, 2.05) is 48.5 Å². The monoisotopic (exact) mass is 482 g/mol. The Kier molecular flexibility index (Phi) is 4.87. The molecule has 116 valence electrons. The summed E-state index contributed by atoms with van der Waals surface area (Å²) < 4.78 is 13.1. The summed E-state index contributed by atoms with van der Waals surface area (Å²) in [5, 5.41) is 2.00. The van der Waals surface area contributed by atoms with Crippen molar-refractivity contribution in [3.63, 3.8) is 0 Å². The topological polar surface area (TPSA) is 35.5 Å². The number of hydrogen-bond donors (Lipinski definition) is 0. The zero-order valence-electron chi connectivity index (χ0n) is 12.2. The van der Waals surface area contributed by atoms with Gasteiger partial charge in [-0.25, -0.2) is 0 Å². The molecule has 0 aliphatic rings. The van der Waals surface area contributed by atoms with Crippen molar-refractivity contribution in [2.24, 2.45) is 0 Å². The third-order valence-electron chi connectivity index (χ3n) is 3.17. The van der Waals surface area contributed by atoms with Crippen molar-refractivity contribution in [3.05, 3.63) is 62.6 Å². The summed E-state index contributed by atoms with van der Waals surface area (Å²) in [5.74, 6) is 1.66. The first-order valence-corrected chi connectivity index (χ1v) is 8.73. The van der Waals surface area contributed by atoms with Crippen LogP contribution in [0, 0.1) is 3.57 Å². The number of esters is 1. The third-order valence-corrected chi connectivity index (χ3v) is 4.46. The molecule has 0 saturated carbocycles. The molecular formula is C18H12BrIO3. The first-order chi connectivity index (χ1) is 11.0. The maximum absolute atomic E-state index is 11.1. The number of halogens is 2. The lowest BCUT2D eigenvalue weighted by Crippen LogP contribution is -2.00. The average Bonchev–Trinajstić information content (AvgIpc) is 2.49. The Hall–Kier alpha value is -1.60. The normalized spacial score (nSPS) is 10.6. The van der Waals surface area contributed by atoms with Crippen LogP contribution in [0.3, 0.4) is 0 Å². The molecule has 0 radical (unpaired) electrons. The van der Waals surface area contributed by atoms with Crippen molar-refractivity contribution in [2.45, 2.75) is 6.92 Å². The second kappa shape index (κ2) is 6.88. The Balaban J connectivity index is 1.93. The van der Waals surface area contributed by atoms with E-state index in [0.717, 1.165) is 30.3 Å². The van der Waals surface area contributed by atoms with Crippen LogP contribution in [0.5, 0.6) is 17.2 Å². The smallest absolute Gasteiger partial charge is 0.308 e. The number of ether oxygens (including phenoxy) is 2. The number of carbonyl (C=O) groups excluding carboxylic acids is 1. The van der Waals surface area contributed by atoms with Gasteiger partial charge in [-0.1, -0.05) is 12.1 Å². The Morgan fingerprint density at radius 1 is 0.957 bits per heavy atom. The van der Waals surface area contributed by atoms with Crippen LogP contribution in [0.4, 0.5) is 0 Å². The van der Waals surface area contributed by atoms with Gasteiger partial charge in [-0.05, 0) is 91.8 Å². The molecule has 3 aromatic rings. The van der Waals surface area contributed by atoms with E-state index in [4.69, 9.17) is 9.47 Å². The molecule has 0 aromatic heterocycles. The van der Waals surface area contributed by atoms with E-state index < -0.39 is 0 Å². The van der Waals surface area contributed by atoms with Crippen LogP contribution >= 0.6 is 38.5 Å². The number of benzene rings is 3. The Morgan fingerprint density at radius 3 is 2.35 bits per heavy atom. The Labute approximate surface area is 155 Å². The van der Waals surface area contributed by atoms with Gasteiger partial charge in [0.05, 0.1) is 4.47 Å². The van der Waals surface area contributed by atoms with Crippen LogP contribution < -0.4 is 9.47 Å². The molecule has 0 spiro atoms. The van der Waals surface area contributed by atoms with Crippen LogP contribution in [-0.2, 0) is 4.79 Å². The highest BCUT2D eigenvalue weighted by molar-refractivity contribution is 14.1. The lowest BCUT2D eigenvalue weighted by atomic mass is 10.1. The van der Waals surface area contributed by atoms with Crippen LogP contribution in [0.1, 0.15) is 6.92 Å². The van der Waals surface area contributed by atoms with Crippen molar-refractivity contribution in [1.29, 1.82) is 0 Å². The van der Waals surface area contributed by atoms with Crippen molar-refractivity contribution < 1.29 is 14.3 Å². The van der Waals surface area contributed by atoms with Gasteiger partial charge in [0.25, 0.3) is 0 Å². The van der Waals surface area contributed by atoms with E-state index in [1.54, 1.807) is 6.07 Å². The maximum atomic E-state index is 11.1. The standard InChI is InChI=1S/C18H12BrIO3/c1-11(21)22-15-5-2-12-3-6-16(9-13(12)8-15)23-18-7-4-14(20)10-17(18)19/h2-10H,1H3. The summed E-state index contributed by atoms with van der Waals surface area (Å²) in [7, 11) is 0. The van der Waals surface area contributed by atoms with Crippen molar-refractivity contribution in [3.8, 4) is 17.2 Å². The van der Waals surface area contributed by atoms with Gasteiger partial charge in [-0.3, -0.25) is 4.79 Å². The van der Waals surface area contributed by atoms with Gasteiger partial charge in [0.2, 0.25) is 0 Å². The van der Waals surface area contributed by atoms with E-state index in [0.29, 0.717) is 5.75 Å². The molecule has 0 N–H and O–H groups in total. The molecule has 5 heteroatoms. The van der Waals surface area contributed by atoms with E-state index in [1.165, 1.54) is 6.92 Å².